The van der Waals surface area contributed by atoms with E-state index < -0.39 is 11.7 Å². The van der Waals surface area contributed by atoms with Crippen LogP contribution in [0.1, 0.15) is 21.7 Å². The second-order valence-corrected chi connectivity index (χ2v) is 7.85. The van der Waals surface area contributed by atoms with Crippen molar-refractivity contribution in [3.05, 3.63) is 68.4 Å². The molecule has 0 atom stereocenters. The standard InChI is InChI=1S/C19H17F3N4OS/c20-19(21,22)12-3-1-2-11(8-12)16-5-4-13(28-16)9-26-7-6-15-14(10-26)17(27)25-18(23)24-15/h1-5,8H,6-7,9-10H2,(H3,23,24,25,27). The number of fused-ring (bicyclic) bond motifs is 1. The molecule has 0 saturated heterocycles. The molecule has 9 heteroatoms. The van der Waals surface area contributed by atoms with E-state index in [4.69, 9.17) is 5.73 Å². The molecule has 5 nitrogen and oxygen atoms in total. The summed E-state index contributed by atoms with van der Waals surface area (Å²) in [5.74, 6) is 0.126. The van der Waals surface area contributed by atoms with Crippen molar-refractivity contribution in [1.29, 1.82) is 0 Å². The molecule has 3 heterocycles. The summed E-state index contributed by atoms with van der Waals surface area (Å²) >= 11 is 1.46. The summed E-state index contributed by atoms with van der Waals surface area (Å²) in [5, 5.41) is 0. The van der Waals surface area contributed by atoms with Gasteiger partial charge in [-0.25, -0.2) is 4.98 Å². The monoisotopic (exact) mass is 406 g/mol. The Kier molecular flexibility index (Phi) is 4.72. The molecule has 0 spiro atoms. The first-order valence-electron chi connectivity index (χ1n) is 8.66. The molecule has 0 radical (unpaired) electrons. The molecular formula is C19H17F3N4OS. The van der Waals surface area contributed by atoms with E-state index in [0.29, 0.717) is 30.6 Å². The number of alkyl halides is 3. The average molecular weight is 406 g/mol. The number of hydrogen-bond acceptors (Lipinski definition) is 5. The normalized spacial score (nSPS) is 14.8. The molecule has 2 aromatic heterocycles. The lowest BCUT2D eigenvalue weighted by molar-refractivity contribution is -0.137. The predicted molar refractivity (Wildman–Crippen MR) is 102 cm³/mol. The van der Waals surface area contributed by atoms with E-state index in [0.717, 1.165) is 28.1 Å². The summed E-state index contributed by atoms with van der Waals surface area (Å²) in [5.41, 5.74) is 6.61. The fourth-order valence-electron chi connectivity index (χ4n) is 3.32. The lowest BCUT2D eigenvalue weighted by Crippen LogP contribution is -2.35. The van der Waals surface area contributed by atoms with Gasteiger partial charge in [0.2, 0.25) is 5.95 Å². The van der Waals surface area contributed by atoms with Crippen molar-refractivity contribution in [2.24, 2.45) is 0 Å². The Hall–Kier alpha value is -2.65. The third kappa shape index (κ3) is 3.81. The number of nitrogen functional groups attached to an aromatic ring is 1. The van der Waals surface area contributed by atoms with Gasteiger partial charge in [-0.05, 0) is 29.8 Å². The first-order valence-corrected chi connectivity index (χ1v) is 9.47. The smallest absolute Gasteiger partial charge is 0.369 e. The summed E-state index contributed by atoms with van der Waals surface area (Å²) in [6.07, 6.45) is -3.73. The Morgan fingerprint density at radius 1 is 1.25 bits per heavy atom. The van der Waals surface area contributed by atoms with E-state index in [9.17, 15) is 18.0 Å². The van der Waals surface area contributed by atoms with Gasteiger partial charge >= 0.3 is 6.18 Å². The summed E-state index contributed by atoms with van der Waals surface area (Å²) in [7, 11) is 0. The van der Waals surface area contributed by atoms with Crippen LogP contribution in [0, 0.1) is 0 Å². The average Bonchev–Trinajstić information content (AvgIpc) is 3.10. The van der Waals surface area contributed by atoms with Crippen LogP contribution in [0.2, 0.25) is 0 Å². The van der Waals surface area contributed by atoms with Gasteiger partial charge in [0.1, 0.15) is 0 Å². The van der Waals surface area contributed by atoms with Crippen LogP contribution in [0.5, 0.6) is 0 Å². The number of benzene rings is 1. The van der Waals surface area contributed by atoms with Crippen molar-refractivity contribution < 1.29 is 13.2 Å². The third-order valence-electron chi connectivity index (χ3n) is 4.68. The summed E-state index contributed by atoms with van der Waals surface area (Å²) < 4.78 is 38.8. The topological polar surface area (TPSA) is 75.0 Å². The van der Waals surface area contributed by atoms with Gasteiger partial charge in [-0.15, -0.1) is 11.3 Å². The number of nitrogens with one attached hydrogen (secondary N) is 1. The lowest BCUT2D eigenvalue weighted by Gasteiger charge is -2.26. The minimum atomic E-state index is -4.36. The van der Waals surface area contributed by atoms with Crippen molar-refractivity contribution in [3.8, 4) is 10.4 Å². The molecule has 1 aliphatic rings. The third-order valence-corrected chi connectivity index (χ3v) is 5.80. The number of anilines is 1. The van der Waals surface area contributed by atoms with Gasteiger partial charge in [-0.2, -0.15) is 13.2 Å². The van der Waals surface area contributed by atoms with Crippen LogP contribution in [-0.4, -0.2) is 21.4 Å². The maximum Gasteiger partial charge on any atom is 0.416 e. The predicted octanol–water partition coefficient (Wildman–Crippen LogP) is 3.66. The second kappa shape index (κ2) is 7.06. The lowest BCUT2D eigenvalue weighted by atomic mass is 10.1. The number of aromatic nitrogens is 2. The number of nitrogens with two attached hydrogens (primary N) is 1. The highest BCUT2D eigenvalue weighted by Crippen LogP contribution is 2.35. The van der Waals surface area contributed by atoms with Crippen LogP contribution in [-0.2, 0) is 25.7 Å². The number of halogens is 3. The van der Waals surface area contributed by atoms with E-state index in [-0.39, 0.29) is 11.5 Å². The van der Waals surface area contributed by atoms with Gasteiger partial charge in [0.15, 0.2) is 0 Å². The van der Waals surface area contributed by atoms with E-state index >= 15 is 0 Å². The molecule has 0 saturated carbocycles. The largest absolute Gasteiger partial charge is 0.416 e. The Labute approximate surface area is 162 Å². The molecule has 4 rings (SSSR count). The zero-order valence-corrected chi connectivity index (χ0v) is 15.5. The molecule has 0 fully saturated rings. The van der Waals surface area contributed by atoms with Crippen LogP contribution in [0.4, 0.5) is 19.1 Å². The first-order chi connectivity index (χ1) is 13.3. The molecular weight excluding hydrogens is 389 g/mol. The van der Waals surface area contributed by atoms with Gasteiger partial charge in [0.25, 0.3) is 5.56 Å². The molecule has 146 valence electrons. The van der Waals surface area contributed by atoms with Crippen molar-refractivity contribution in [2.45, 2.75) is 25.7 Å². The summed E-state index contributed by atoms with van der Waals surface area (Å²) in [6, 6.07) is 9.09. The second-order valence-electron chi connectivity index (χ2n) is 6.68. The van der Waals surface area contributed by atoms with Crippen LogP contribution >= 0.6 is 11.3 Å². The highest BCUT2D eigenvalue weighted by molar-refractivity contribution is 7.15. The Morgan fingerprint density at radius 3 is 2.86 bits per heavy atom. The van der Waals surface area contributed by atoms with Gasteiger partial charge in [0, 0.05) is 35.8 Å². The van der Waals surface area contributed by atoms with Crippen molar-refractivity contribution in [2.75, 3.05) is 12.3 Å². The Bertz CT molecular complexity index is 1070. The van der Waals surface area contributed by atoms with E-state index in [1.807, 2.05) is 12.1 Å². The summed E-state index contributed by atoms with van der Waals surface area (Å²) in [4.78, 5) is 22.7. The minimum Gasteiger partial charge on any atom is -0.369 e. The van der Waals surface area contributed by atoms with E-state index in [1.165, 1.54) is 23.5 Å². The molecule has 0 unspecified atom stereocenters. The van der Waals surface area contributed by atoms with Crippen LogP contribution < -0.4 is 11.3 Å². The zero-order chi connectivity index (χ0) is 19.9. The highest BCUT2D eigenvalue weighted by atomic mass is 32.1. The summed E-state index contributed by atoms with van der Waals surface area (Å²) in [6.45, 7) is 1.82. The molecule has 1 aliphatic heterocycles. The maximum absolute atomic E-state index is 12.9. The molecule has 0 aliphatic carbocycles. The SMILES string of the molecule is Nc1nc2c(c(=O)[nH]1)CN(Cc1ccc(-c3cccc(C(F)(F)F)c3)s1)CC2. The molecule has 3 aromatic rings. The number of H-pyrrole nitrogens is 1. The number of rotatable bonds is 3. The minimum absolute atomic E-state index is 0.126. The van der Waals surface area contributed by atoms with Gasteiger partial charge in [-0.1, -0.05) is 12.1 Å². The number of hydrogen-bond donors (Lipinski definition) is 2. The van der Waals surface area contributed by atoms with Crippen LogP contribution in [0.3, 0.4) is 0 Å². The van der Waals surface area contributed by atoms with Crippen LogP contribution in [0.15, 0.2) is 41.2 Å². The Balaban J connectivity index is 1.51. The fraction of sp³-hybridized carbons (Fsp3) is 0.263. The molecule has 28 heavy (non-hydrogen) atoms. The maximum atomic E-state index is 12.9. The van der Waals surface area contributed by atoms with Crippen molar-refractivity contribution in [3.63, 3.8) is 0 Å². The fourth-order valence-corrected chi connectivity index (χ4v) is 4.37. The first kappa shape index (κ1) is 18.7. The van der Waals surface area contributed by atoms with Gasteiger partial charge in [-0.3, -0.25) is 14.7 Å². The molecule has 0 amide bonds. The number of thiophene rings is 1. The molecule has 3 N–H and O–H groups in total. The van der Waals surface area contributed by atoms with Crippen molar-refractivity contribution in [1.82, 2.24) is 14.9 Å². The number of aromatic amines is 1. The highest BCUT2D eigenvalue weighted by Gasteiger charge is 2.30. The van der Waals surface area contributed by atoms with Crippen LogP contribution in [0.25, 0.3) is 10.4 Å². The zero-order valence-electron chi connectivity index (χ0n) is 14.7. The number of nitrogens with zero attached hydrogens (tertiary/aromatic N) is 2. The quantitative estimate of drug-likeness (QED) is 0.696. The molecule has 0 bridgehead atoms. The van der Waals surface area contributed by atoms with Gasteiger partial charge < -0.3 is 5.73 Å². The molecule has 1 aromatic carbocycles. The van der Waals surface area contributed by atoms with E-state index in [1.54, 1.807) is 6.07 Å². The Morgan fingerprint density at radius 2 is 2.07 bits per heavy atom. The van der Waals surface area contributed by atoms with Crippen molar-refractivity contribution >= 4 is 17.3 Å². The van der Waals surface area contributed by atoms with Gasteiger partial charge in [0.05, 0.1) is 16.8 Å². The van der Waals surface area contributed by atoms with E-state index in [2.05, 4.69) is 14.9 Å².